The molecule has 0 unspecified atom stereocenters. The summed E-state index contributed by atoms with van der Waals surface area (Å²) < 4.78 is 39.1. The van der Waals surface area contributed by atoms with Crippen molar-refractivity contribution in [3.8, 4) is 11.1 Å². The summed E-state index contributed by atoms with van der Waals surface area (Å²) in [6.45, 7) is 0.835. The van der Waals surface area contributed by atoms with Crippen molar-refractivity contribution in [2.75, 3.05) is 16.8 Å². The second kappa shape index (κ2) is 10.7. The van der Waals surface area contributed by atoms with Crippen LogP contribution in [0.5, 0.6) is 0 Å². The number of benzene rings is 1. The van der Waals surface area contributed by atoms with Gasteiger partial charge < -0.3 is 21.3 Å². The lowest BCUT2D eigenvalue weighted by Crippen LogP contribution is -2.56. The van der Waals surface area contributed by atoms with E-state index in [1.54, 1.807) is 18.3 Å². The van der Waals surface area contributed by atoms with E-state index in [9.17, 15) is 18.0 Å². The molecule has 2 saturated carbocycles. The van der Waals surface area contributed by atoms with Crippen molar-refractivity contribution in [2.24, 2.45) is 11.7 Å². The van der Waals surface area contributed by atoms with E-state index in [1.807, 2.05) is 24.3 Å². The number of pyridine rings is 2. The van der Waals surface area contributed by atoms with Gasteiger partial charge >= 0.3 is 6.18 Å². The maximum Gasteiger partial charge on any atom is 0.417 e. The number of piperidine rings is 1. The van der Waals surface area contributed by atoms with Crippen LogP contribution >= 0.6 is 0 Å². The molecule has 0 radical (unpaired) electrons. The third-order valence-corrected chi connectivity index (χ3v) is 8.62. The van der Waals surface area contributed by atoms with Gasteiger partial charge in [0.05, 0.1) is 5.56 Å². The lowest BCUT2D eigenvalue weighted by molar-refractivity contribution is -0.137. The normalized spacial score (nSPS) is 26.2. The highest BCUT2D eigenvalue weighted by molar-refractivity contribution is 5.94. The van der Waals surface area contributed by atoms with Crippen LogP contribution in [0.2, 0.25) is 0 Å². The molecule has 5 atom stereocenters. The number of nitrogens with two attached hydrogens (primary N) is 1. The number of nitrogens with one attached hydrogen (secondary N) is 2. The first-order valence-corrected chi connectivity index (χ1v) is 13.9. The first-order chi connectivity index (χ1) is 19.2. The molecule has 1 amide bonds. The average molecular weight is 551 g/mol. The Labute approximate surface area is 231 Å². The highest BCUT2D eigenvalue weighted by Crippen LogP contribution is 2.41. The molecule has 3 fully saturated rings. The number of rotatable bonds is 7. The zero-order valence-corrected chi connectivity index (χ0v) is 22.1. The number of alkyl halides is 3. The van der Waals surface area contributed by atoms with Gasteiger partial charge in [0, 0.05) is 48.7 Å². The fourth-order valence-corrected chi connectivity index (χ4v) is 6.70. The van der Waals surface area contributed by atoms with E-state index in [0.29, 0.717) is 17.3 Å². The Bertz CT molecular complexity index is 1360. The molecule has 3 heterocycles. The quantitative estimate of drug-likeness (QED) is 0.372. The molecule has 1 aromatic carbocycles. The van der Waals surface area contributed by atoms with Crippen LogP contribution in [0.15, 0.2) is 60.9 Å². The summed E-state index contributed by atoms with van der Waals surface area (Å²) in [7, 11) is 0. The zero-order chi connectivity index (χ0) is 27.9. The molecule has 3 aromatic rings. The molecule has 10 heteroatoms. The SMILES string of the molecule is NC(=O)c1cccc(-c2ccnc(N[C@@H]3CCCC[C@H]3N[C@H]3C[C@@H]4C[C@H]3N(c3ccc(C(F)(F)F)cn3)C4)c2)c1. The molecule has 2 bridgehead atoms. The molecule has 210 valence electrons. The summed E-state index contributed by atoms with van der Waals surface area (Å²) >= 11 is 0. The number of amides is 1. The number of primary amides is 1. The molecule has 2 aliphatic carbocycles. The van der Waals surface area contributed by atoms with Crippen molar-refractivity contribution in [3.63, 3.8) is 0 Å². The molecule has 2 aromatic heterocycles. The molecular weight excluding hydrogens is 517 g/mol. The second-order valence-corrected chi connectivity index (χ2v) is 11.2. The minimum atomic E-state index is -4.38. The van der Waals surface area contributed by atoms with E-state index in [0.717, 1.165) is 74.3 Å². The highest BCUT2D eigenvalue weighted by Gasteiger charge is 2.46. The van der Waals surface area contributed by atoms with Crippen LogP contribution < -0.4 is 21.3 Å². The van der Waals surface area contributed by atoms with Gasteiger partial charge in [-0.15, -0.1) is 0 Å². The third-order valence-electron chi connectivity index (χ3n) is 8.62. The lowest BCUT2D eigenvalue weighted by Gasteiger charge is -2.40. The topological polar surface area (TPSA) is 96.2 Å². The van der Waals surface area contributed by atoms with Gasteiger partial charge in [0.15, 0.2) is 0 Å². The Balaban J connectivity index is 1.14. The molecule has 1 saturated heterocycles. The van der Waals surface area contributed by atoms with Gasteiger partial charge in [-0.1, -0.05) is 25.0 Å². The van der Waals surface area contributed by atoms with E-state index in [4.69, 9.17) is 5.73 Å². The Morgan fingerprint density at radius 3 is 2.48 bits per heavy atom. The summed E-state index contributed by atoms with van der Waals surface area (Å²) in [5, 5.41) is 7.59. The molecule has 6 rings (SSSR count). The van der Waals surface area contributed by atoms with Crippen LogP contribution in [-0.4, -0.2) is 46.6 Å². The van der Waals surface area contributed by atoms with Crippen molar-refractivity contribution in [2.45, 2.75) is 68.9 Å². The van der Waals surface area contributed by atoms with E-state index in [1.165, 1.54) is 6.07 Å². The number of aromatic nitrogens is 2. The number of hydrogen-bond donors (Lipinski definition) is 3. The molecule has 40 heavy (non-hydrogen) atoms. The van der Waals surface area contributed by atoms with Crippen LogP contribution in [0.25, 0.3) is 11.1 Å². The van der Waals surface area contributed by atoms with Gasteiger partial charge in [-0.25, -0.2) is 9.97 Å². The van der Waals surface area contributed by atoms with Gasteiger partial charge in [-0.2, -0.15) is 13.2 Å². The van der Waals surface area contributed by atoms with Crippen LogP contribution in [-0.2, 0) is 6.18 Å². The zero-order valence-electron chi connectivity index (χ0n) is 22.1. The number of carbonyl (C=O) groups excluding carboxylic acids is 1. The van der Waals surface area contributed by atoms with Crippen molar-refractivity contribution in [1.82, 2.24) is 15.3 Å². The standard InChI is InChI=1S/C30H33F3N6O/c31-30(32,33)22-8-9-28(36-16-22)39-17-18-12-25(26(39)13-18)37-23-6-1-2-7-24(23)38-27-15-20(10-11-35-27)19-4-3-5-21(14-19)29(34)40/h3-5,8-11,14-16,18,23-26,37H,1-2,6-7,12-13,17H2,(H2,34,40)(H,35,38)/t18-,23-,24-,25+,26-/m1/s1. The van der Waals surface area contributed by atoms with Crippen LogP contribution in [0.4, 0.5) is 24.8 Å². The van der Waals surface area contributed by atoms with Gasteiger partial charge in [-0.05, 0) is 79.1 Å². The summed E-state index contributed by atoms with van der Waals surface area (Å²) in [5.41, 5.74) is 7.07. The summed E-state index contributed by atoms with van der Waals surface area (Å²) in [6.07, 6.45) is 4.76. The summed E-state index contributed by atoms with van der Waals surface area (Å²) in [6, 6.07) is 14.7. The Morgan fingerprint density at radius 2 is 1.75 bits per heavy atom. The molecule has 0 spiro atoms. The van der Waals surface area contributed by atoms with E-state index >= 15 is 0 Å². The molecule has 4 N–H and O–H groups in total. The number of anilines is 2. The van der Waals surface area contributed by atoms with Gasteiger partial charge in [-0.3, -0.25) is 4.79 Å². The Hall–Kier alpha value is -3.66. The van der Waals surface area contributed by atoms with E-state index in [2.05, 4.69) is 25.5 Å². The van der Waals surface area contributed by atoms with Crippen LogP contribution in [0.1, 0.15) is 54.4 Å². The van der Waals surface area contributed by atoms with E-state index in [-0.39, 0.29) is 24.2 Å². The summed E-state index contributed by atoms with van der Waals surface area (Å²) in [5.74, 6) is 1.45. The minimum Gasteiger partial charge on any atom is -0.366 e. The van der Waals surface area contributed by atoms with Gasteiger partial charge in [0.25, 0.3) is 0 Å². The van der Waals surface area contributed by atoms with Crippen molar-refractivity contribution >= 4 is 17.5 Å². The fraction of sp³-hybridized carbons (Fsp3) is 0.433. The van der Waals surface area contributed by atoms with Crippen molar-refractivity contribution < 1.29 is 18.0 Å². The number of hydrogen-bond acceptors (Lipinski definition) is 6. The number of nitrogens with zero attached hydrogens (tertiary/aromatic N) is 3. The maximum absolute atomic E-state index is 13.0. The predicted octanol–water partition coefficient (Wildman–Crippen LogP) is 5.24. The van der Waals surface area contributed by atoms with Crippen LogP contribution in [0.3, 0.4) is 0 Å². The van der Waals surface area contributed by atoms with Gasteiger partial charge in [0.1, 0.15) is 11.6 Å². The molecule has 7 nitrogen and oxygen atoms in total. The summed E-state index contributed by atoms with van der Waals surface area (Å²) in [4.78, 5) is 22.6. The predicted molar refractivity (Wildman–Crippen MR) is 148 cm³/mol. The first-order valence-electron chi connectivity index (χ1n) is 13.9. The number of fused-ring (bicyclic) bond motifs is 2. The first kappa shape index (κ1) is 26.6. The van der Waals surface area contributed by atoms with Gasteiger partial charge in [0.2, 0.25) is 5.91 Å². The second-order valence-electron chi connectivity index (χ2n) is 11.2. The minimum absolute atomic E-state index is 0.199. The highest BCUT2D eigenvalue weighted by atomic mass is 19.4. The number of halogens is 3. The molecule has 1 aliphatic heterocycles. The Kier molecular flexibility index (Phi) is 7.12. The lowest BCUT2D eigenvalue weighted by atomic mass is 9.89. The smallest absolute Gasteiger partial charge is 0.366 e. The maximum atomic E-state index is 13.0. The molecular formula is C30H33F3N6O. The van der Waals surface area contributed by atoms with E-state index < -0.39 is 17.6 Å². The number of carbonyl (C=O) groups is 1. The third kappa shape index (κ3) is 5.50. The monoisotopic (exact) mass is 550 g/mol. The van der Waals surface area contributed by atoms with Crippen LogP contribution in [0, 0.1) is 5.92 Å². The molecule has 3 aliphatic rings. The average Bonchev–Trinajstić information content (AvgIpc) is 3.55. The largest absolute Gasteiger partial charge is 0.417 e. The van der Waals surface area contributed by atoms with Crippen molar-refractivity contribution in [1.29, 1.82) is 0 Å². The van der Waals surface area contributed by atoms with Crippen molar-refractivity contribution in [3.05, 3.63) is 72.1 Å². The fourth-order valence-electron chi connectivity index (χ4n) is 6.70. The Morgan fingerprint density at radius 1 is 0.950 bits per heavy atom.